The molecule has 2 rings (SSSR count). The smallest absolute Gasteiger partial charge is 0.305 e. The van der Waals surface area contributed by atoms with Crippen LogP contribution in [0, 0.1) is 13.8 Å². The summed E-state index contributed by atoms with van der Waals surface area (Å²) < 4.78 is 5.93. The third-order valence-electron chi connectivity index (χ3n) is 3.31. The van der Waals surface area contributed by atoms with E-state index in [0.717, 1.165) is 22.4 Å². The lowest BCUT2D eigenvalue weighted by atomic mass is 10.0. The van der Waals surface area contributed by atoms with Gasteiger partial charge in [0.25, 0.3) is 0 Å². The maximum atomic E-state index is 10.7. The van der Waals surface area contributed by atoms with Gasteiger partial charge in [-0.15, -0.1) is 12.4 Å². The van der Waals surface area contributed by atoms with E-state index >= 15 is 0 Å². The summed E-state index contributed by atoms with van der Waals surface area (Å²) in [4.78, 5) is 10.7. The van der Waals surface area contributed by atoms with E-state index in [-0.39, 0.29) is 18.8 Å². The first-order valence-corrected chi connectivity index (χ1v) is 6.79. The number of halogens is 1. The van der Waals surface area contributed by atoms with E-state index in [2.05, 4.69) is 0 Å². The highest BCUT2D eigenvalue weighted by molar-refractivity contribution is 5.85. The molecule has 0 aliphatic carbocycles. The van der Waals surface area contributed by atoms with Crippen molar-refractivity contribution in [3.05, 3.63) is 59.2 Å². The fourth-order valence-electron chi connectivity index (χ4n) is 2.19. The van der Waals surface area contributed by atoms with Gasteiger partial charge in [-0.05, 0) is 42.7 Å². The van der Waals surface area contributed by atoms with Crippen LogP contribution in [-0.4, -0.2) is 11.1 Å². The number of benzene rings is 2. The van der Waals surface area contributed by atoms with Crippen molar-refractivity contribution in [2.45, 2.75) is 26.3 Å². The third-order valence-corrected chi connectivity index (χ3v) is 3.31. The molecule has 0 bridgehead atoms. The highest BCUT2D eigenvalue weighted by Crippen LogP contribution is 2.30. The van der Waals surface area contributed by atoms with Crippen LogP contribution in [0.15, 0.2) is 42.5 Å². The molecule has 0 saturated heterocycles. The van der Waals surface area contributed by atoms with Crippen LogP contribution < -0.4 is 10.5 Å². The van der Waals surface area contributed by atoms with Gasteiger partial charge < -0.3 is 15.6 Å². The molecule has 2 aromatic rings. The summed E-state index contributed by atoms with van der Waals surface area (Å²) in [5, 5.41) is 8.81. The van der Waals surface area contributed by atoms with E-state index in [4.69, 9.17) is 15.6 Å². The number of nitrogens with two attached hydrogens (primary N) is 1. The second-order valence-corrected chi connectivity index (χ2v) is 5.10. The van der Waals surface area contributed by atoms with Crippen LogP contribution in [0.1, 0.15) is 29.2 Å². The number of ether oxygens (including phenoxy) is 1. The van der Waals surface area contributed by atoms with E-state index in [1.165, 1.54) is 0 Å². The molecule has 0 unspecified atom stereocenters. The first kappa shape index (κ1) is 18.0. The molecular formula is C17H20ClNO3. The van der Waals surface area contributed by atoms with Gasteiger partial charge in [0.2, 0.25) is 0 Å². The van der Waals surface area contributed by atoms with Crippen molar-refractivity contribution in [3.8, 4) is 11.5 Å². The van der Waals surface area contributed by atoms with Crippen LogP contribution in [0.3, 0.4) is 0 Å². The minimum atomic E-state index is -0.913. The Hall–Kier alpha value is -2.04. The summed E-state index contributed by atoms with van der Waals surface area (Å²) in [6.45, 7) is 3.98. The Morgan fingerprint density at radius 2 is 1.77 bits per heavy atom. The zero-order chi connectivity index (χ0) is 15.4. The molecule has 118 valence electrons. The van der Waals surface area contributed by atoms with Gasteiger partial charge in [0.15, 0.2) is 0 Å². The second-order valence-electron chi connectivity index (χ2n) is 5.10. The summed E-state index contributed by atoms with van der Waals surface area (Å²) in [5.74, 6) is 0.566. The first-order chi connectivity index (χ1) is 9.97. The number of carbonyl (C=O) groups is 1. The van der Waals surface area contributed by atoms with E-state index in [1.807, 2.05) is 50.2 Å². The lowest BCUT2D eigenvalue weighted by Crippen LogP contribution is -2.14. The minimum absolute atomic E-state index is 0. The molecule has 0 aromatic heterocycles. The Bertz CT molecular complexity index is 638. The van der Waals surface area contributed by atoms with Gasteiger partial charge in [0, 0.05) is 6.04 Å². The molecule has 0 spiro atoms. The number of para-hydroxylation sites is 1. The number of hydrogen-bond acceptors (Lipinski definition) is 3. The summed E-state index contributed by atoms with van der Waals surface area (Å²) in [6, 6.07) is 12.7. The highest BCUT2D eigenvalue weighted by atomic mass is 35.5. The van der Waals surface area contributed by atoms with Gasteiger partial charge >= 0.3 is 5.97 Å². The molecule has 0 aliphatic rings. The van der Waals surface area contributed by atoms with Crippen molar-refractivity contribution in [1.82, 2.24) is 0 Å². The van der Waals surface area contributed by atoms with Crippen LogP contribution in [-0.2, 0) is 4.79 Å². The quantitative estimate of drug-likeness (QED) is 0.873. The average Bonchev–Trinajstić information content (AvgIpc) is 2.43. The first-order valence-electron chi connectivity index (χ1n) is 6.79. The molecule has 0 saturated carbocycles. The van der Waals surface area contributed by atoms with Crippen molar-refractivity contribution >= 4 is 18.4 Å². The van der Waals surface area contributed by atoms with Crippen LogP contribution in [0.4, 0.5) is 0 Å². The predicted molar refractivity (Wildman–Crippen MR) is 88.9 cm³/mol. The summed E-state index contributed by atoms with van der Waals surface area (Å²) in [5.41, 5.74) is 8.73. The van der Waals surface area contributed by atoms with Crippen molar-refractivity contribution < 1.29 is 14.6 Å². The molecule has 3 N–H and O–H groups in total. The molecule has 4 nitrogen and oxygen atoms in total. The molecule has 0 amide bonds. The molecule has 0 aliphatic heterocycles. The van der Waals surface area contributed by atoms with E-state index < -0.39 is 12.0 Å². The van der Waals surface area contributed by atoms with E-state index in [1.54, 1.807) is 6.07 Å². The number of carboxylic acid groups (broad SMARTS) is 1. The van der Waals surface area contributed by atoms with E-state index in [9.17, 15) is 4.79 Å². The molecule has 1 atom stereocenters. The Labute approximate surface area is 136 Å². The largest absolute Gasteiger partial charge is 0.481 e. The third kappa shape index (κ3) is 4.48. The molecular weight excluding hydrogens is 302 g/mol. The molecule has 22 heavy (non-hydrogen) atoms. The minimum Gasteiger partial charge on any atom is -0.481 e. The van der Waals surface area contributed by atoms with Crippen molar-refractivity contribution in [1.29, 1.82) is 0 Å². The molecule has 0 heterocycles. The van der Waals surface area contributed by atoms with E-state index in [0.29, 0.717) is 5.75 Å². The summed E-state index contributed by atoms with van der Waals surface area (Å²) in [7, 11) is 0. The SMILES string of the molecule is Cc1cccc(C)c1Oc1cccc([C@@H](N)CC(=O)O)c1.Cl. The summed E-state index contributed by atoms with van der Waals surface area (Å²) >= 11 is 0. The zero-order valence-corrected chi connectivity index (χ0v) is 13.4. The number of hydrogen-bond donors (Lipinski definition) is 2. The maximum absolute atomic E-state index is 10.7. The van der Waals surface area contributed by atoms with Crippen LogP contribution >= 0.6 is 12.4 Å². The van der Waals surface area contributed by atoms with Gasteiger partial charge in [-0.1, -0.05) is 30.3 Å². The Balaban J connectivity index is 0.00000242. The van der Waals surface area contributed by atoms with Crippen LogP contribution in [0.5, 0.6) is 11.5 Å². The van der Waals surface area contributed by atoms with Crippen molar-refractivity contribution in [2.24, 2.45) is 5.73 Å². The van der Waals surface area contributed by atoms with Crippen molar-refractivity contribution in [3.63, 3.8) is 0 Å². The normalized spacial score (nSPS) is 11.4. The molecule has 5 heteroatoms. The van der Waals surface area contributed by atoms with Gasteiger partial charge in [0.05, 0.1) is 6.42 Å². The van der Waals surface area contributed by atoms with Gasteiger partial charge in [0.1, 0.15) is 11.5 Å². The number of aliphatic carboxylic acids is 1. The number of carboxylic acids is 1. The fraction of sp³-hybridized carbons (Fsp3) is 0.235. The Morgan fingerprint density at radius 3 is 2.36 bits per heavy atom. The van der Waals surface area contributed by atoms with Gasteiger partial charge in [-0.25, -0.2) is 0 Å². The molecule has 0 fully saturated rings. The topological polar surface area (TPSA) is 72.5 Å². The molecule has 0 radical (unpaired) electrons. The molecule has 2 aromatic carbocycles. The number of aryl methyl sites for hydroxylation is 2. The standard InChI is InChI=1S/C17H19NO3.ClH/c1-11-5-3-6-12(2)17(11)21-14-8-4-7-13(9-14)15(18)10-16(19)20;/h3-9,15H,10,18H2,1-2H3,(H,19,20);1H/t15-;/m0./s1. The van der Waals surface area contributed by atoms with Gasteiger partial charge in [-0.3, -0.25) is 4.79 Å². The zero-order valence-electron chi connectivity index (χ0n) is 12.6. The predicted octanol–water partition coefficient (Wildman–Crippen LogP) is 3.99. The van der Waals surface area contributed by atoms with Crippen molar-refractivity contribution in [2.75, 3.05) is 0 Å². The van der Waals surface area contributed by atoms with Crippen LogP contribution in [0.2, 0.25) is 0 Å². The second kappa shape index (κ2) is 7.82. The lowest BCUT2D eigenvalue weighted by Gasteiger charge is -2.14. The van der Waals surface area contributed by atoms with Crippen LogP contribution in [0.25, 0.3) is 0 Å². The van der Waals surface area contributed by atoms with Gasteiger partial charge in [-0.2, -0.15) is 0 Å². The average molecular weight is 322 g/mol. The number of rotatable bonds is 5. The fourth-order valence-corrected chi connectivity index (χ4v) is 2.19. The monoisotopic (exact) mass is 321 g/mol. The Morgan fingerprint density at radius 1 is 1.18 bits per heavy atom. The maximum Gasteiger partial charge on any atom is 0.305 e. The Kier molecular flexibility index (Phi) is 6.40. The summed E-state index contributed by atoms with van der Waals surface area (Å²) in [6.07, 6.45) is -0.104. The highest BCUT2D eigenvalue weighted by Gasteiger charge is 2.12. The lowest BCUT2D eigenvalue weighted by molar-refractivity contribution is -0.137.